The highest BCUT2D eigenvalue weighted by molar-refractivity contribution is 5.85. The molecule has 3 aliphatic heterocycles. The van der Waals surface area contributed by atoms with Crippen molar-refractivity contribution >= 4 is 24.0 Å². The number of nitrogens with one attached hydrogen (secondary N) is 1. The van der Waals surface area contributed by atoms with Gasteiger partial charge in [-0.3, -0.25) is 4.90 Å². The van der Waals surface area contributed by atoms with Gasteiger partial charge in [-0.15, -0.1) is 12.4 Å². The lowest BCUT2D eigenvalue weighted by molar-refractivity contribution is 0.245. The molecule has 1 N–H and O–H groups in total. The Bertz CT molecular complexity index is 1010. The van der Waals surface area contributed by atoms with Crippen molar-refractivity contribution in [1.29, 1.82) is 5.26 Å². The number of pyridine rings is 1. The third-order valence-corrected chi connectivity index (χ3v) is 7.37. The molecule has 8 heteroatoms. The molecular weight excluding hydrogens is 446 g/mol. The fourth-order valence-corrected chi connectivity index (χ4v) is 5.39. The maximum absolute atomic E-state index is 10.3. The molecule has 1 atom stereocenters. The summed E-state index contributed by atoms with van der Waals surface area (Å²) in [6.45, 7) is 11.7. The Morgan fingerprint density at radius 1 is 1.03 bits per heavy atom. The fraction of sp³-hybridized carbons (Fsp3) is 0.538. The number of hydrogen-bond donors (Lipinski definition) is 1. The van der Waals surface area contributed by atoms with Crippen molar-refractivity contribution < 1.29 is 0 Å². The molecule has 2 saturated heterocycles. The average molecular weight is 482 g/mol. The minimum atomic E-state index is 0. The molecular formula is C26H36ClN7. The van der Waals surface area contributed by atoms with Crippen LogP contribution >= 0.6 is 12.4 Å². The molecule has 1 aromatic carbocycles. The standard InChI is InChI=1S/C26H35N7.ClH/c1-20-17-28-9-11-33(20)26-22-8-10-31(18-21-6-4-3-5-7-21)19-24(22)23(16-27)25(29-26)32-14-12-30(2)13-15-32;/h3-7,20,28H,8-15,17-19H2,1-2H3;1H/t20-;/m0./s1. The number of hydrogen-bond acceptors (Lipinski definition) is 7. The van der Waals surface area contributed by atoms with Gasteiger partial charge in [0.15, 0.2) is 0 Å². The summed E-state index contributed by atoms with van der Waals surface area (Å²) in [5, 5.41) is 13.8. The first-order valence-electron chi connectivity index (χ1n) is 12.3. The van der Waals surface area contributed by atoms with Crippen LogP contribution in [0.4, 0.5) is 11.6 Å². The minimum Gasteiger partial charge on any atom is -0.353 e. The summed E-state index contributed by atoms with van der Waals surface area (Å²) >= 11 is 0. The van der Waals surface area contributed by atoms with Gasteiger partial charge in [-0.2, -0.15) is 5.26 Å². The zero-order chi connectivity index (χ0) is 22.8. The number of halogens is 1. The number of benzene rings is 1. The van der Waals surface area contributed by atoms with Crippen LogP contribution in [0.25, 0.3) is 0 Å². The van der Waals surface area contributed by atoms with Crippen molar-refractivity contribution in [2.24, 2.45) is 0 Å². The molecule has 2 fully saturated rings. The number of piperazine rings is 2. The molecule has 0 spiro atoms. The van der Waals surface area contributed by atoms with Crippen molar-refractivity contribution in [3.63, 3.8) is 0 Å². The van der Waals surface area contributed by atoms with E-state index in [4.69, 9.17) is 4.98 Å². The molecule has 7 nitrogen and oxygen atoms in total. The van der Waals surface area contributed by atoms with Gasteiger partial charge in [0.2, 0.25) is 0 Å². The number of aromatic nitrogens is 1. The molecule has 0 aliphatic carbocycles. The van der Waals surface area contributed by atoms with Crippen LogP contribution in [0.5, 0.6) is 0 Å². The van der Waals surface area contributed by atoms with Gasteiger partial charge in [-0.25, -0.2) is 4.98 Å². The smallest absolute Gasteiger partial charge is 0.149 e. The van der Waals surface area contributed by atoms with Gasteiger partial charge in [-0.1, -0.05) is 30.3 Å². The third kappa shape index (κ3) is 5.01. The van der Waals surface area contributed by atoms with Crippen LogP contribution in [0.2, 0.25) is 0 Å². The molecule has 0 amide bonds. The molecule has 1 aromatic heterocycles. The zero-order valence-corrected chi connectivity index (χ0v) is 21.2. The Balaban J connectivity index is 0.00000274. The van der Waals surface area contributed by atoms with Crippen molar-refractivity contribution in [2.75, 3.05) is 69.2 Å². The summed E-state index contributed by atoms with van der Waals surface area (Å²) in [5.41, 5.74) is 4.61. The van der Waals surface area contributed by atoms with Crippen LogP contribution < -0.4 is 15.1 Å². The quantitative estimate of drug-likeness (QED) is 0.719. The summed E-state index contributed by atoms with van der Waals surface area (Å²) in [7, 11) is 2.16. The van der Waals surface area contributed by atoms with Crippen LogP contribution in [0.3, 0.4) is 0 Å². The predicted molar refractivity (Wildman–Crippen MR) is 140 cm³/mol. The van der Waals surface area contributed by atoms with E-state index in [0.29, 0.717) is 6.04 Å². The van der Waals surface area contributed by atoms with E-state index in [1.807, 2.05) is 0 Å². The number of anilines is 2. The molecule has 34 heavy (non-hydrogen) atoms. The van der Waals surface area contributed by atoms with Gasteiger partial charge in [0, 0.05) is 77.1 Å². The number of rotatable bonds is 4. The topological polar surface area (TPSA) is 61.7 Å². The van der Waals surface area contributed by atoms with Crippen molar-refractivity contribution in [2.45, 2.75) is 32.5 Å². The SMILES string of the molecule is C[C@H]1CNCCN1c1nc(N2CCN(C)CC2)c(C#N)c2c1CCN(Cc1ccccc1)C2.Cl. The van der Waals surface area contributed by atoms with E-state index in [2.05, 4.69) is 75.3 Å². The van der Waals surface area contributed by atoms with E-state index in [1.54, 1.807) is 0 Å². The van der Waals surface area contributed by atoms with E-state index in [0.717, 1.165) is 89.1 Å². The first kappa shape index (κ1) is 24.7. The minimum absolute atomic E-state index is 0. The summed E-state index contributed by atoms with van der Waals surface area (Å²) < 4.78 is 0. The van der Waals surface area contributed by atoms with Gasteiger partial charge in [-0.05, 0) is 31.5 Å². The first-order chi connectivity index (χ1) is 16.1. The highest BCUT2D eigenvalue weighted by atomic mass is 35.5. The second-order valence-electron chi connectivity index (χ2n) is 9.69. The lowest BCUT2D eigenvalue weighted by atomic mass is 9.94. The van der Waals surface area contributed by atoms with Crippen molar-refractivity contribution in [3.8, 4) is 6.07 Å². The molecule has 182 valence electrons. The first-order valence-corrected chi connectivity index (χ1v) is 12.3. The Labute approximate surface area is 209 Å². The van der Waals surface area contributed by atoms with Crippen LogP contribution in [0, 0.1) is 11.3 Å². The molecule has 3 aliphatic rings. The summed E-state index contributed by atoms with van der Waals surface area (Å²) in [6, 6.07) is 13.6. The van der Waals surface area contributed by atoms with Crippen LogP contribution in [0.15, 0.2) is 30.3 Å². The largest absolute Gasteiger partial charge is 0.353 e. The molecule has 0 saturated carbocycles. The Hall–Kier alpha value is -2.37. The maximum Gasteiger partial charge on any atom is 0.149 e. The van der Waals surface area contributed by atoms with Gasteiger partial charge < -0.3 is 20.0 Å². The zero-order valence-electron chi connectivity index (χ0n) is 20.3. The second kappa shape index (κ2) is 10.9. The average Bonchev–Trinajstić information content (AvgIpc) is 2.84. The number of nitriles is 1. The van der Waals surface area contributed by atoms with Crippen LogP contribution in [-0.2, 0) is 19.5 Å². The lowest BCUT2D eigenvalue weighted by Gasteiger charge is -2.40. The fourth-order valence-electron chi connectivity index (χ4n) is 5.39. The monoisotopic (exact) mass is 481 g/mol. The van der Waals surface area contributed by atoms with Gasteiger partial charge in [0.25, 0.3) is 0 Å². The Morgan fingerprint density at radius 2 is 1.79 bits per heavy atom. The van der Waals surface area contributed by atoms with Gasteiger partial charge in [0.05, 0.1) is 5.56 Å². The van der Waals surface area contributed by atoms with E-state index in [1.165, 1.54) is 16.7 Å². The van der Waals surface area contributed by atoms with E-state index < -0.39 is 0 Å². The van der Waals surface area contributed by atoms with Crippen molar-refractivity contribution in [3.05, 3.63) is 52.6 Å². The van der Waals surface area contributed by atoms with E-state index in [-0.39, 0.29) is 12.4 Å². The van der Waals surface area contributed by atoms with E-state index >= 15 is 0 Å². The summed E-state index contributed by atoms with van der Waals surface area (Å²) in [6.07, 6.45) is 0.943. The highest BCUT2D eigenvalue weighted by Gasteiger charge is 2.32. The lowest BCUT2D eigenvalue weighted by Crippen LogP contribution is -2.51. The molecule has 4 heterocycles. The second-order valence-corrected chi connectivity index (χ2v) is 9.69. The molecule has 0 unspecified atom stereocenters. The summed E-state index contributed by atoms with van der Waals surface area (Å²) in [4.78, 5) is 14.9. The molecule has 0 radical (unpaired) electrons. The van der Waals surface area contributed by atoms with Gasteiger partial charge >= 0.3 is 0 Å². The number of nitrogens with zero attached hydrogens (tertiary/aromatic N) is 6. The Kier molecular flexibility index (Phi) is 7.95. The van der Waals surface area contributed by atoms with Crippen molar-refractivity contribution in [1.82, 2.24) is 20.1 Å². The highest BCUT2D eigenvalue weighted by Crippen LogP contribution is 2.36. The number of fused-ring (bicyclic) bond motifs is 1. The summed E-state index contributed by atoms with van der Waals surface area (Å²) in [5.74, 6) is 2.01. The molecule has 0 bridgehead atoms. The normalized spacial score (nSPS) is 21.5. The van der Waals surface area contributed by atoms with Crippen LogP contribution in [0.1, 0.15) is 29.2 Å². The number of likely N-dealkylation sites (N-methyl/N-ethyl adjacent to an activating group) is 1. The van der Waals surface area contributed by atoms with Gasteiger partial charge in [0.1, 0.15) is 17.7 Å². The Morgan fingerprint density at radius 3 is 2.50 bits per heavy atom. The van der Waals surface area contributed by atoms with Crippen LogP contribution in [-0.4, -0.2) is 80.2 Å². The predicted octanol–water partition coefficient (Wildman–Crippen LogP) is 2.48. The van der Waals surface area contributed by atoms with E-state index in [9.17, 15) is 5.26 Å². The molecule has 2 aromatic rings. The third-order valence-electron chi connectivity index (χ3n) is 7.37. The maximum atomic E-state index is 10.3. The molecule has 5 rings (SSSR count).